The first-order valence-corrected chi connectivity index (χ1v) is 7.07. The van der Waals surface area contributed by atoms with Crippen LogP contribution in [0, 0.1) is 0 Å². The summed E-state index contributed by atoms with van der Waals surface area (Å²) >= 11 is 6.07. The van der Waals surface area contributed by atoms with E-state index in [1.54, 1.807) is 12.3 Å². The highest BCUT2D eigenvalue weighted by Crippen LogP contribution is 2.28. The van der Waals surface area contributed by atoms with Crippen molar-refractivity contribution in [3.63, 3.8) is 0 Å². The number of halogens is 1. The number of carbonyl (C=O) groups excluding carboxylic acids is 1. The number of oxazole rings is 1. The average Bonchev–Trinajstić information content (AvgIpc) is 2.94. The van der Waals surface area contributed by atoms with Crippen molar-refractivity contribution < 1.29 is 19.1 Å². The molecule has 0 saturated heterocycles. The largest absolute Gasteiger partial charge is 0.480 e. The first-order valence-electron chi connectivity index (χ1n) is 6.69. The highest BCUT2D eigenvalue weighted by Gasteiger charge is 2.15. The number of aliphatic carboxylic acids is 1. The fourth-order valence-electron chi connectivity index (χ4n) is 1.81. The summed E-state index contributed by atoms with van der Waals surface area (Å²) in [5, 5.41) is 11.6. The van der Waals surface area contributed by atoms with Gasteiger partial charge in [0.2, 0.25) is 5.91 Å². The van der Waals surface area contributed by atoms with Crippen molar-refractivity contribution in [2.75, 3.05) is 0 Å². The minimum absolute atomic E-state index is 0.0973. The van der Waals surface area contributed by atoms with Gasteiger partial charge in [-0.05, 0) is 19.1 Å². The molecule has 0 aliphatic carbocycles. The van der Waals surface area contributed by atoms with Gasteiger partial charge in [-0.25, -0.2) is 4.98 Å². The number of aromatic nitrogens is 1. The van der Waals surface area contributed by atoms with Crippen LogP contribution >= 0.6 is 11.6 Å². The summed E-state index contributed by atoms with van der Waals surface area (Å²) in [5.74, 6) is -0.522. The molecule has 2 N–H and O–H groups in total. The molecule has 2 rings (SSSR count). The van der Waals surface area contributed by atoms with Gasteiger partial charge in [0, 0.05) is 18.4 Å². The molecule has 7 heteroatoms. The minimum Gasteiger partial charge on any atom is -0.480 e. The third-order valence-corrected chi connectivity index (χ3v) is 3.34. The van der Waals surface area contributed by atoms with Gasteiger partial charge in [-0.15, -0.1) is 0 Å². The third-order valence-electron chi connectivity index (χ3n) is 3.01. The maximum absolute atomic E-state index is 11.6. The van der Waals surface area contributed by atoms with E-state index < -0.39 is 12.0 Å². The zero-order valence-corrected chi connectivity index (χ0v) is 12.6. The van der Waals surface area contributed by atoms with Gasteiger partial charge in [0.15, 0.2) is 11.7 Å². The molecule has 116 valence electrons. The number of hydrogen-bond donors (Lipinski definition) is 2. The Morgan fingerprint density at radius 3 is 2.82 bits per heavy atom. The van der Waals surface area contributed by atoms with Crippen molar-refractivity contribution in [3.05, 3.63) is 41.4 Å². The molecule has 1 unspecified atom stereocenters. The lowest BCUT2D eigenvalue weighted by atomic mass is 10.2. The van der Waals surface area contributed by atoms with Crippen LogP contribution in [0.1, 0.15) is 19.2 Å². The highest BCUT2D eigenvalue weighted by molar-refractivity contribution is 6.33. The van der Waals surface area contributed by atoms with Gasteiger partial charge in [-0.3, -0.25) is 9.59 Å². The van der Waals surface area contributed by atoms with Crippen LogP contribution in [0.3, 0.4) is 0 Å². The number of hydrogen-bond acceptors (Lipinski definition) is 4. The number of benzene rings is 1. The number of amides is 1. The predicted octanol–water partition coefficient (Wildman–Crippen LogP) is 2.52. The van der Waals surface area contributed by atoms with Crippen molar-refractivity contribution in [1.82, 2.24) is 10.3 Å². The van der Waals surface area contributed by atoms with Crippen LogP contribution in [0.25, 0.3) is 11.3 Å². The minimum atomic E-state index is -1.08. The molecule has 1 amide bonds. The second kappa shape index (κ2) is 7.09. The molecule has 1 atom stereocenters. The highest BCUT2D eigenvalue weighted by atomic mass is 35.5. The molecule has 0 spiro atoms. The summed E-state index contributed by atoms with van der Waals surface area (Å²) in [6, 6.07) is 6.30. The predicted molar refractivity (Wildman–Crippen MR) is 80.5 cm³/mol. The summed E-state index contributed by atoms with van der Waals surface area (Å²) < 4.78 is 5.56. The van der Waals surface area contributed by atoms with E-state index in [1.807, 2.05) is 18.2 Å². The van der Waals surface area contributed by atoms with Crippen LogP contribution in [0.15, 0.2) is 34.9 Å². The number of nitrogens with one attached hydrogen (secondary N) is 1. The Labute approximate surface area is 132 Å². The molecule has 0 aliphatic rings. The van der Waals surface area contributed by atoms with E-state index in [0.717, 1.165) is 5.56 Å². The van der Waals surface area contributed by atoms with Crippen molar-refractivity contribution in [3.8, 4) is 11.3 Å². The lowest BCUT2D eigenvalue weighted by Crippen LogP contribution is -2.38. The number of carbonyl (C=O) groups is 2. The van der Waals surface area contributed by atoms with Gasteiger partial charge in [0.05, 0.1) is 11.2 Å². The smallest absolute Gasteiger partial charge is 0.325 e. The number of carboxylic acids is 1. The third kappa shape index (κ3) is 4.08. The Morgan fingerprint density at radius 1 is 1.41 bits per heavy atom. The quantitative estimate of drug-likeness (QED) is 0.852. The van der Waals surface area contributed by atoms with Crippen molar-refractivity contribution in [2.24, 2.45) is 0 Å². The molecule has 0 saturated carbocycles. The van der Waals surface area contributed by atoms with E-state index in [1.165, 1.54) is 6.92 Å². The van der Waals surface area contributed by atoms with Crippen LogP contribution in [-0.4, -0.2) is 28.0 Å². The molecular formula is C15H15ClN2O4. The molecule has 6 nitrogen and oxygen atoms in total. The Morgan fingerprint density at radius 2 is 2.14 bits per heavy atom. The molecule has 1 aromatic carbocycles. The van der Waals surface area contributed by atoms with E-state index in [4.69, 9.17) is 21.1 Å². The fraction of sp³-hybridized carbons (Fsp3) is 0.267. The molecular weight excluding hydrogens is 308 g/mol. The van der Waals surface area contributed by atoms with Crippen molar-refractivity contribution >= 4 is 23.5 Å². The molecule has 0 fully saturated rings. The molecule has 0 radical (unpaired) electrons. The summed E-state index contributed by atoms with van der Waals surface area (Å²) in [4.78, 5) is 26.3. The standard InChI is InChI=1S/C15H15ClN2O4/c1-9(15(20)21)18-13(19)6-7-14-17-8-12(22-14)10-4-2-3-5-11(10)16/h2-5,8-9H,6-7H2,1H3,(H,18,19)(H,20,21). The maximum atomic E-state index is 11.6. The first kappa shape index (κ1) is 16.0. The Kier molecular flexibility index (Phi) is 5.16. The molecule has 0 bridgehead atoms. The lowest BCUT2D eigenvalue weighted by Gasteiger charge is -2.07. The van der Waals surface area contributed by atoms with Crippen LogP contribution in [-0.2, 0) is 16.0 Å². The second-order valence-corrected chi connectivity index (χ2v) is 5.13. The lowest BCUT2D eigenvalue weighted by molar-refractivity contribution is -0.141. The second-order valence-electron chi connectivity index (χ2n) is 4.73. The zero-order valence-electron chi connectivity index (χ0n) is 11.9. The molecule has 1 aromatic heterocycles. The molecule has 0 aliphatic heterocycles. The molecule has 1 heterocycles. The molecule has 22 heavy (non-hydrogen) atoms. The van der Waals surface area contributed by atoms with Crippen LogP contribution in [0.2, 0.25) is 5.02 Å². The Hall–Kier alpha value is -2.34. The molecule has 2 aromatic rings. The topological polar surface area (TPSA) is 92.4 Å². The van der Waals surface area contributed by atoms with Crippen LogP contribution in [0.5, 0.6) is 0 Å². The van der Waals surface area contributed by atoms with Crippen molar-refractivity contribution in [1.29, 1.82) is 0 Å². The van der Waals surface area contributed by atoms with Gasteiger partial charge < -0.3 is 14.8 Å². The average molecular weight is 323 g/mol. The van der Waals surface area contributed by atoms with E-state index in [2.05, 4.69) is 10.3 Å². The maximum Gasteiger partial charge on any atom is 0.325 e. The normalized spacial score (nSPS) is 11.9. The van der Waals surface area contributed by atoms with Crippen LogP contribution < -0.4 is 5.32 Å². The van der Waals surface area contributed by atoms with E-state index >= 15 is 0 Å². The summed E-state index contributed by atoms with van der Waals surface area (Å²) in [7, 11) is 0. The number of nitrogens with zero attached hydrogens (tertiary/aromatic N) is 1. The van der Waals surface area contributed by atoms with E-state index in [9.17, 15) is 9.59 Å². The summed E-state index contributed by atoms with van der Waals surface area (Å²) in [6.45, 7) is 1.40. The summed E-state index contributed by atoms with van der Waals surface area (Å²) in [5.41, 5.74) is 0.729. The Bertz CT molecular complexity index is 684. The van der Waals surface area contributed by atoms with Gasteiger partial charge >= 0.3 is 5.97 Å². The monoisotopic (exact) mass is 322 g/mol. The SMILES string of the molecule is CC(NC(=O)CCc1ncc(-c2ccccc2Cl)o1)C(=O)O. The number of carboxylic acid groups (broad SMARTS) is 1. The van der Waals surface area contributed by atoms with Crippen LogP contribution in [0.4, 0.5) is 0 Å². The van der Waals surface area contributed by atoms with Gasteiger partial charge in [0.1, 0.15) is 6.04 Å². The summed E-state index contributed by atoms with van der Waals surface area (Å²) in [6.07, 6.45) is 1.93. The van der Waals surface area contributed by atoms with Gasteiger partial charge in [0.25, 0.3) is 0 Å². The van der Waals surface area contributed by atoms with Gasteiger partial charge in [-0.1, -0.05) is 23.7 Å². The van der Waals surface area contributed by atoms with Gasteiger partial charge in [-0.2, -0.15) is 0 Å². The first-order chi connectivity index (χ1) is 10.5. The van der Waals surface area contributed by atoms with E-state index in [0.29, 0.717) is 16.7 Å². The zero-order chi connectivity index (χ0) is 16.1. The Balaban J connectivity index is 1.94. The van der Waals surface area contributed by atoms with E-state index in [-0.39, 0.29) is 18.7 Å². The fourth-order valence-corrected chi connectivity index (χ4v) is 2.04. The number of aryl methyl sites for hydroxylation is 1. The van der Waals surface area contributed by atoms with Crippen molar-refractivity contribution in [2.45, 2.75) is 25.8 Å². The number of rotatable bonds is 6.